The molecule has 98 valence electrons. The van der Waals surface area contributed by atoms with E-state index in [1.807, 2.05) is 0 Å². The van der Waals surface area contributed by atoms with Gasteiger partial charge >= 0.3 is 0 Å². The van der Waals surface area contributed by atoms with Gasteiger partial charge in [-0.1, -0.05) is 97.8 Å². The molecule has 0 spiro atoms. The minimum Gasteiger partial charge on any atom is -0.0654 e. The third kappa shape index (κ3) is 10.5. The van der Waals surface area contributed by atoms with Crippen molar-refractivity contribution in [3.05, 3.63) is 0 Å². The van der Waals surface area contributed by atoms with E-state index in [-0.39, 0.29) is 0 Å². The molecule has 0 aliphatic heterocycles. The van der Waals surface area contributed by atoms with Crippen molar-refractivity contribution in [2.24, 2.45) is 5.92 Å². The van der Waals surface area contributed by atoms with Crippen LogP contribution in [0, 0.1) is 5.92 Å². The minimum absolute atomic E-state index is 1.04. The molecule has 0 heterocycles. The second kappa shape index (κ2) is 13.1. The molecular formula is C16H34. The summed E-state index contributed by atoms with van der Waals surface area (Å²) in [4.78, 5) is 0. The molecule has 0 aliphatic rings. The molecule has 0 aromatic heterocycles. The van der Waals surface area contributed by atoms with Crippen LogP contribution in [0.1, 0.15) is 97.8 Å². The third-order valence-corrected chi connectivity index (χ3v) is 3.65. The van der Waals surface area contributed by atoms with Crippen LogP contribution in [0.25, 0.3) is 0 Å². The summed E-state index contributed by atoms with van der Waals surface area (Å²) < 4.78 is 0. The lowest BCUT2D eigenvalue weighted by Crippen LogP contribution is -2.00. The zero-order valence-corrected chi connectivity index (χ0v) is 12.1. The number of rotatable bonds is 12. The molecule has 0 aliphatic carbocycles. The molecule has 0 saturated carbocycles. The lowest BCUT2D eigenvalue weighted by Gasteiger charge is -2.16. The zero-order valence-electron chi connectivity index (χ0n) is 12.1. The normalized spacial score (nSPS) is 11.2. The molecule has 0 heteroatoms. The molecule has 0 unspecified atom stereocenters. The van der Waals surface area contributed by atoms with E-state index >= 15 is 0 Å². The van der Waals surface area contributed by atoms with Gasteiger partial charge in [0.2, 0.25) is 0 Å². The molecule has 0 radical (unpaired) electrons. The van der Waals surface area contributed by atoms with Gasteiger partial charge in [-0.25, -0.2) is 0 Å². The molecule has 0 rings (SSSR count). The molecule has 0 atom stereocenters. The van der Waals surface area contributed by atoms with Crippen molar-refractivity contribution in [1.82, 2.24) is 0 Å². The summed E-state index contributed by atoms with van der Waals surface area (Å²) >= 11 is 0. The van der Waals surface area contributed by atoms with Gasteiger partial charge in [-0.05, 0) is 5.92 Å². The van der Waals surface area contributed by atoms with Crippen molar-refractivity contribution < 1.29 is 0 Å². The Kier molecular flexibility index (Phi) is 13.1. The van der Waals surface area contributed by atoms with E-state index in [0.29, 0.717) is 0 Å². The van der Waals surface area contributed by atoms with Crippen LogP contribution >= 0.6 is 0 Å². The summed E-state index contributed by atoms with van der Waals surface area (Å²) in [6.07, 6.45) is 17.4. The molecule has 0 nitrogen and oxygen atoms in total. The first-order chi connectivity index (χ1) is 7.85. The smallest absolute Gasteiger partial charge is 0.0414 e. The van der Waals surface area contributed by atoms with Crippen LogP contribution in [0.5, 0.6) is 0 Å². The Morgan fingerprint density at radius 3 is 1.44 bits per heavy atom. The molecule has 0 saturated heterocycles. The first kappa shape index (κ1) is 16.0. The molecule has 0 amide bonds. The van der Waals surface area contributed by atoms with E-state index in [4.69, 9.17) is 0 Å². The van der Waals surface area contributed by atoms with Crippen molar-refractivity contribution >= 4 is 0 Å². The van der Waals surface area contributed by atoms with Crippen molar-refractivity contribution in [2.75, 3.05) is 0 Å². The van der Waals surface area contributed by atoms with Crippen LogP contribution in [0.15, 0.2) is 0 Å². The van der Waals surface area contributed by atoms with Crippen molar-refractivity contribution in [1.29, 1.82) is 0 Å². The highest BCUT2D eigenvalue weighted by atomic mass is 14.1. The quantitative estimate of drug-likeness (QED) is 0.340. The summed E-state index contributed by atoms with van der Waals surface area (Å²) in [6.45, 7) is 6.93. The van der Waals surface area contributed by atoms with Crippen LogP contribution in [0.2, 0.25) is 0 Å². The Labute approximate surface area is 104 Å². The molecular weight excluding hydrogens is 192 g/mol. The van der Waals surface area contributed by atoms with E-state index in [1.54, 1.807) is 0 Å². The molecule has 0 aromatic carbocycles. The Morgan fingerprint density at radius 1 is 0.500 bits per heavy atom. The van der Waals surface area contributed by atoms with E-state index in [9.17, 15) is 0 Å². The largest absolute Gasteiger partial charge is 0.0654 e. The minimum atomic E-state index is 1.04. The fourth-order valence-corrected chi connectivity index (χ4v) is 2.46. The number of unbranched alkanes of at least 4 members (excludes halogenated alkanes) is 6. The fourth-order valence-electron chi connectivity index (χ4n) is 2.46. The predicted molar refractivity (Wildman–Crippen MR) is 75.9 cm³/mol. The maximum Gasteiger partial charge on any atom is -0.0414 e. The molecule has 0 aromatic rings. The van der Waals surface area contributed by atoms with Crippen LogP contribution in [0.3, 0.4) is 0 Å². The third-order valence-electron chi connectivity index (χ3n) is 3.65. The van der Waals surface area contributed by atoms with Crippen LogP contribution in [0.4, 0.5) is 0 Å². The van der Waals surface area contributed by atoms with Crippen LogP contribution in [-0.4, -0.2) is 0 Å². The predicted octanol–water partition coefficient (Wildman–Crippen LogP) is 6.34. The van der Waals surface area contributed by atoms with Crippen LogP contribution < -0.4 is 0 Å². The van der Waals surface area contributed by atoms with Gasteiger partial charge in [-0.3, -0.25) is 0 Å². The number of hydrogen-bond donors (Lipinski definition) is 0. The SMILES string of the molecule is CCCCCCCC(CCCC)CCCC. The molecule has 16 heavy (non-hydrogen) atoms. The van der Waals surface area contributed by atoms with Crippen LogP contribution in [-0.2, 0) is 0 Å². The fraction of sp³-hybridized carbons (Fsp3) is 1.00. The maximum absolute atomic E-state index is 2.32. The van der Waals surface area contributed by atoms with Gasteiger partial charge in [0.15, 0.2) is 0 Å². The highest BCUT2D eigenvalue weighted by Crippen LogP contribution is 2.22. The second-order valence-electron chi connectivity index (χ2n) is 5.35. The summed E-state index contributed by atoms with van der Waals surface area (Å²) in [5.41, 5.74) is 0. The van der Waals surface area contributed by atoms with Gasteiger partial charge < -0.3 is 0 Å². The maximum atomic E-state index is 2.32. The Hall–Kier alpha value is 0. The summed E-state index contributed by atoms with van der Waals surface area (Å²) in [6, 6.07) is 0. The molecule has 0 fully saturated rings. The summed E-state index contributed by atoms with van der Waals surface area (Å²) in [7, 11) is 0. The lowest BCUT2D eigenvalue weighted by atomic mass is 9.90. The van der Waals surface area contributed by atoms with Gasteiger partial charge in [0.05, 0.1) is 0 Å². The second-order valence-corrected chi connectivity index (χ2v) is 5.35. The van der Waals surface area contributed by atoms with Gasteiger partial charge in [0.1, 0.15) is 0 Å². The van der Waals surface area contributed by atoms with Gasteiger partial charge in [-0.15, -0.1) is 0 Å². The topological polar surface area (TPSA) is 0 Å². The van der Waals surface area contributed by atoms with Gasteiger partial charge in [-0.2, -0.15) is 0 Å². The molecule has 0 N–H and O–H groups in total. The highest BCUT2D eigenvalue weighted by molar-refractivity contribution is 4.60. The first-order valence-corrected chi connectivity index (χ1v) is 7.85. The van der Waals surface area contributed by atoms with Crippen molar-refractivity contribution in [2.45, 2.75) is 97.8 Å². The Balaban J connectivity index is 3.48. The van der Waals surface area contributed by atoms with E-state index in [2.05, 4.69) is 20.8 Å². The monoisotopic (exact) mass is 226 g/mol. The average Bonchev–Trinajstić information content (AvgIpc) is 2.31. The van der Waals surface area contributed by atoms with Crippen molar-refractivity contribution in [3.63, 3.8) is 0 Å². The summed E-state index contributed by atoms with van der Waals surface area (Å²) in [5, 5.41) is 0. The highest BCUT2D eigenvalue weighted by Gasteiger charge is 2.07. The van der Waals surface area contributed by atoms with Gasteiger partial charge in [0, 0.05) is 0 Å². The van der Waals surface area contributed by atoms with E-state index < -0.39 is 0 Å². The standard InChI is InChI=1S/C16H34/c1-4-7-10-11-12-15-16(13-8-5-2)14-9-6-3/h16H,4-15H2,1-3H3. The van der Waals surface area contributed by atoms with Crippen molar-refractivity contribution in [3.8, 4) is 0 Å². The average molecular weight is 226 g/mol. The lowest BCUT2D eigenvalue weighted by molar-refractivity contribution is 0.377. The van der Waals surface area contributed by atoms with Gasteiger partial charge in [0.25, 0.3) is 0 Å². The Bertz CT molecular complexity index is 109. The van der Waals surface area contributed by atoms with E-state index in [0.717, 1.165) is 5.92 Å². The molecule has 0 bridgehead atoms. The zero-order chi connectivity index (χ0) is 12.1. The summed E-state index contributed by atoms with van der Waals surface area (Å²) in [5.74, 6) is 1.04. The number of hydrogen-bond acceptors (Lipinski definition) is 0. The Morgan fingerprint density at radius 2 is 0.938 bits per heavy atom. The van der Waals surface area contributed by atoms with E-state index in [1.165, 1.54) is 77.0 Å². The first-order valence-electron chi connectivity index (χ1n) is 7.85.